The van der Waals surface area contributed by atoms with E-state index in [0.717, 1.165) is 56.8 Å². The fourth-order valence-electron chi connectivity index (χ4n) is 3.81. The summed E-state index contributed by atoms with van der Waals surface area (Å²) in [7, 11) is 0. The Morgan fingerprint density at radius 1 is 1.35 bits per heavy atom. The van der Waals surface area contributed by atoms with Crippen molar-refractivity contribution in [1.29, 1.82) is 0 Å². The number of aliphatic imine (C=N–C) groups is 1. The van der Waals surface area contributed by atoms with Crippen LogP contribution in [0.4, 0.5) is 0 Å². The molecule has 0 amide bonds. The molecule has 1 aliphatic carbocycles. The highest BCUT2D eigenvalue weighted by Gasteiger charge is 2.38. The molecule has 1 aromatic heterocycles. The Bertz CT molecular complexity index is 568. The van der Waals surface area contributed by atoms with Crippen LogP contribution in [0.2, 0.25) is 0 Å². The number of hydrogen-bond donors (Lipinski definition) is 2. The van der Waals surface area contributed by atoms with Crippen molar-refractivity contribution < 1.29 is 0 Å². The first-order chi connectivity index (χ1) is 12.2. The zero-order chi connectivity index (χ0) is 17.6. The van der Waals surface area contributed by atoms with E-state index in [2.05, 4.69) is 52.1 Å². The summed E-state index contributed by atoms with van der Waals surface area (Å²) in [5.74, 6) is 2.07. The van der Waals surface area contributed by atoms with Crippen LogP contribution >= 0.6 is 24.0 Å². The summed E-state index contributed by atoms with van der Waals surface area (Å²) >= 11 is 0. The van der Waals surface area contributed by atoms with Crippen LogP contribution in [0, 0.1) is 6.92 Å². The Morgan fingerprint density at radius 2 is 2.15 bits per heavy atom. The van der Waals surface area contributed by atoms with Crippen LogP contribution in [-0.2, 0) is 6.54 Å². The van der Waals surface area contributed by atoms with E-state index in [-0.39, 0.29) is 24.0 Å². The van der Waals surface area contributed by atoms with Crippen molar-refractivity contribution in [3.05, 3.63) is 18.2 Å². The number of rotatable bonds is 8. The monoisotopic (exact) mass is 474 g/mol. The summed E-state index contributed by atoms with van der Waals surface area (Å²) in [6, 6.07) is 2.08. The van der Waals surface area contributed by atoms with Gasteiger partial charge < -0.3 is 15.2 Å². The lowest BCUT2D eigenvalue weighted by Gasteiger charge is -2.20. The van der Waals surface area contributed by atoms with Gasteiger partial charge in [-0.25, -0.2) is 4.98 Å². The van der Waals surface area contributed by atoms with Crippen molar-refractivity contribution >= 4 is 29.9 Å². The number of nitrogens with zero attached hydrogens (tertiary/aromatic N) is 4. The molecule has 0 aromatic carbocycles. The summed E-state index contributed by atoms with van der Waals surface area (Å²) in [4.78, 5) is 11.7. The average Bonchev–Trinajstić information content (AvgIpc) is 3.25. The Labute approximate surface area is 175 Å². The van der Waals surface area contributed by atoms with Gasteiger partial charge in [-0.2, -0.15) is 0 Å². The van der Waals surface area contributed by atoms with Gasteiger partial charge in [0, 0.05) is 56.7 Å². The van der Waals surface area contributed by atoms with Gasteiger partial charge in [-0.3, -0.25) is 9.89 Å². The van der Waals surface area contributed by atoms with E-state index in [0.29, 0.717) is 12.1 Å². The molecule has 2 N–H and O–H groups in total. The molecule has 1 saturated carbocycles. The lowest BCUT2D eigenvalue weighted by Crippen LogP contribution is -2.44. The molecule has 3 rings (SSSR count). The second-order valence-corrected chi connectivity index (χ2v) is 7.49. The van der Waals surface area contributed by atoms with E-state index >= 15 is 0 Å². The largest absolute Gasteiger partial charge is 0.357 e. The van der Waals surface area contributed by atoms with E-state index in [9.17, 15) is 0 Å². The molecule has 2 atom stereocenters. The van der Waals surface area contributed by atoms with Crippen molar-refractivity contribution in [2.75, 3.05) is 19.6 Å². The number of aryl methyl sites for hydroxylation is 2. The number of hydrogen-bond acceptors (Lipinski definition) is 3. The number of guanidine groups is 1. The van der Waals surface area contributed by atoms with E-state index in [4.69, 9.17) is 4.99 Å². The standard InChI is InChI=1S/C19H34N6.HI/c1-4-20-19(22-9-5-6-11-24-12-10-21-16(24)3)23-17-13-15(2)25(14-17)18-7-8-18;/h10,12,15,17-18H,4-9,11,13-14H2,1-3H3,(H2,20,22,23);1H. The molecule has 1 aromatic rings. The molecule has 1 saturated heterocycles. The Morgan fingerprint density at radius 3 is 2.81 bits per heavy atom. The van der Waals surface area contributed by atoms with Crippen LogP contribution in [-0.4, -0.2) is 58.2 Å². The molecular formula is C19H35IN6. The average molecular weight is 474 g/mol. The first-order valence-electron chi connectivity index (χ1n) is 9.95. The molecular weight excluding hydrogens is 439 g/mol. The zero-order valence-electron chi connectivity index (χ0n) is 16.4. The number of aromatic nitrogens is 2. The Hall–Kier alpha value is -0.830. The minimum Gasteiger partial charge on any atom is -0.357 e. The second kappa shape index (κ2) is 10.5. The minimum absolute atomic E-state index is 0. The quantitative estimate of drug-likeness (QED) is 0.263. The molecule has 1 aliphatic heterocycles. The highest BCUT2D eigenvalue weighted by Crippen LogP contribution is 2.33. The maximum absolute atomic E-state index is 4.78. The molecule has 2 heterocycles. The summed E-state index contributed by atoms with van der Waals surface area (Å²) in [6.45, 7) is 10.5. The van der Waals surface area contributed by atoms with Gasteiger partial charge in [0.05, 0.1) is 0 Å². The minimum atomic E-state index is 0. The summed E-state index contributed by atoms with van der Waals surface area (Å²) < 4.78 is 2.21. The topological polar surface area (TPSA) is 57.5 Å². The van der Waals surface area contributed by atoms with Crippen molar-refractivity contribution in [2.24, 2.45) is 4.99 Å². The maximum Gasteiger partial charge on any atom is 0.191 e. The Balaban J connectivity index is 0.00000243. The SMILES string of the molecule is CCNC(=NCCCCn1ccnc1C)NC1CC(C)N(C2CC2)C1.I. The number of imidazole rings is 1. The highest BCUT2D eigenvalue weighted by molar-refractivity contribution is 14.0. The van der Waals surface area contributed by atoms with Crippen LogP contribution in [0.15, 0.2) is 17.4 Å². The van der Waals surface area contributed by atoms with Gasteiger partial charge >= 0.3 is 0 Å². The third-order valence-electron chi connectivity index (χ3n) is 5.32. The Kier molecular flexibility index (Phi) is 8.66. The molecule has 0 radical (unpaired) electrons. The van der Waals surface area contributed by atoms with Crippen molar-refractivity contribution in [3.63, 3.8) is 0 Å². The fourth-order valence-corrected chi connectivity index (χ4v) is 3.81. The predicted molar refractivity (Wildman–Crippen MR) is 118 cm³/mol. The van der Waals surface area contributed by atoms with Gasteiger partial charge in [0.15, 0.2) is 5.96 Å². The van der Waals surface area contributed by atoms with Gasteiger partial charge in [0.2, 0.25) is 0 Å². The van der Waals surface area contributed by atoms with E-state index in [1.165, 1.54) is 19.3 Å². The van der Waals surface area contributed by atoms with Crippen molar-refractivity contribution in [2.45, 2.75) is 77.5 Å². The molecule has 148 valence electrons. The normalized spacial score (nSPS) is 23.7. The van der Waals surface area contributed by atoms with E-state index < -0.39 is 0 Å². The third kappa shape index (κ3) is 6.11. The summed E-state index contributed by atoms with van der Waals surface area (Å²) in [5.41, 5.74) is 0. The van der Waals surface area contributed by atoms with E-state index in [1.807, 2.05) is 6.20 Å². The molecule has 2 unspecified atom stereocenters. The van der Waals surface area contributed by atoms with Crippen molar-refractivity contribution in [3.8, 4) is 0 Å². The predicted octanol–water partition coefficient (Wildman–Crippen LogP) is 2.77. The maximum atomic E-state index is 4.78. The van der Waals surface area contributed by atoms with Crippen LogP contribution < -0.4 is 10.6 Å². The number of likely N-dealkylation sites (tertiary alicyclic amines) is 1. The van der Waals surface area contributed by atoms with Gasteiger partial charge in [0.1, 0.15) is 5.82 Å². The fraction of sp³-hybridized carbons (Fsp3) is 0.789. The molecule has 2 aliphatic rings. The molecule has 26 heavy (non-hydrogen) atoms. The second-order valence-electron chi connectivity index (χ2n) is 7.49. The first kappa shape index (κ1) is 21.5. The van der Waals surface area contributed by atoms with Crippen LogP contribution in [0.5, 0.6) is 0 Å². The highest BCUT2D eigenvalue weighted by atomic mass is 127. The molecule has 2 fully saturated rings. The summed E-state index contributed by atoms with van der Waals surface area (Å²) in [5, 5.41) is 7.06. The van der Waals surface area contributed by atoms with E-state index in [1.54, 1.807) is 0 Å². The van der Waals surface area contributed by atoms with Gasteiger partial charge in [0.25, 0.3) is 0 Å². The van der Waals surface area contributed by atoms with Crippen LogP contribution in [0.3, 0.4) is 0 Å². The van der Waals surface area contributed by atoms with Crippen LogP contribution in [0.1, 0.15) is 51.8 Å². The van der Waals surface area contributed by atoms with Gasteiger partial charge in [-0.15, -0.1) is 24.0 Å². The zero-order valence-corrected chi connectivity index (χ0v) is 18.8. The van der Waals surface area contributed by atoms with Crippen molar-refractivity contribution in [1.82, 2.24) is 25.1 Å². The van der Waals surface area contributed by atoms with Gasteiger partial charge in [-0.05, 0) is 52.9 Å². The van der Waals surface area contributed by atoms with Gasteiger partial charge in [-0.1, -0.05) is 0 Å². The number of halogens is 1. The van der Waals surface area contributed by atoms with Crippen LogP contribution in [0.25, 0.3) is 0 Å². The lowest BCUT2D eigenvalue weighted by atomic mass is 10.2. The lowest BCUT2D eigenvalue weighted by molar-refractivity contribution is 0.256. The molecule has 7 heteroatoms. The first-order valence-corrected chi connectivity index (χ1v) is 9.95. The third-order valence-corrected chi connectivity index (χ3v) is 5.32. The molecule has 0 spiro atoms. The summed E-state index contributed by atoms with van der Waals surface area (Å²) in [6.07, 6.45) is 10.2. The number of nitrogens with one attached hydrogen (secondary N) is 2. The number of unbranched alkanes of at least 4 members (excludes halogenated alkanes) is 1. The smallest absolute Gasteiger partial charge is 0.191 e. The molecule has 6 nitrogen and oxygen atoms in total. The molecule has 0 bridgehead atoms.